The van der Waals surface area contributed by atoms with Crippen LogP contribution in [0.4, 0.5) is 0 Å². The standard InChI is InChI=1S/C45H90N2/c1-4-7-10-13-16-18-20-22-24-26-28-30-33-36-39-42-47-44-43-46(45(47)40-37-34-31-15-12-9-6-3)41-38-35-32-29-27-25-23-21-19-17-14-11-8-5-2/h43-45H,4-42H2,1-3H3. The molecule has 0 fully saturated rings. The third-order valence-electron chi connectivity index (χ3n) is 11.1. The summed E-state index contributed by atoms with van der Waals surface area (Å²) in [5, 5.41) is 0. The van der Waals surface area contributed by atoms with Crippen molar-refractivity contribution >= 4 is 0 Å². The molecule has 0 spiro atoms. The van der Waals surface area contributed by atoms with E-state index in [1.165, 1.54) is 251 Å². The summed E-state index contributed by atoms with van der Waals surface area (Å²) in [5.41, 5.74) is 0. The second-order valence-electron chi connectivity index (χ2n) is 15.7. The van der Waals surface area contributed by atoms with Crippen molar-refractivity contribution in [2.45, 2.75) is 265 Å². The Kier molecular flexibility index (Phi) is 34.6. The Labute approximate surface area is 299 Å². The molecule has 0 saturated carbocycles. The van der Waals surface area contributed by atoms with Gasteiger partial charge in [-0.05, 0) is 25.7 Å². The van der Waals surface area contributed by atoms with Crippen molar-refractivity contribution in [1.82, 2.24) is 9.80 Å². The van der Waals surface area contributed by atoms with Crippen LogP contribution in [0.3, 0.4) is 0 Å². The van der Waals surface area contributed by atoms with Gasteiger partial charge in [-0.25, -0.2) is 0 Å². The third-order valence-corrected chi connectivity index (χ3v) is 11.1. The molecule has 1 unspecified atom stereocenters. The Bertz CT molecular complexity index is 615. The molecule has 1 atom stereocenters. The van der Waals surface area contributed by atoms with Crippen LogP contribution in [-0.4, -0.2) is 29.1 Å². The normalized spacial score (nSPS) is 14.7. The Morgan fingerprint density at radius 3 is 0.745 bits per heavy atom. The predicted octanol–water partition coefficient (Wildman–Crippen LogP) is 15.9. The van der Waals surface area contributed by atoms with Crippen LogP contribution in [0.25, 0.3) is 0 Å². The molecule has 47 heavy (non-hydrogen) atoms. The Hall–Kier alpha value is -0.660. The van der Waals surface area contributed by atoms with E-state index in [9.17, 15) is 0 Å². The van der Waals surface area contributed by atoms with Crippen LogP contribution in [-0.2, 0) is 0 Å². The molecule has 1 heterocycles. The fourth-order valence-corrected chi connectivity index (χ4v) is 7.78. The SMILES string of the molecule is CCCCCCCCCCCCCCCCCN1C=CN(CCCCCCCCCCCCCCCC)C1CCCCCCCCC. The maximum absolute atomic E-state index is 2.73. The number of hydrogen-bond donors (Lipinski definition) is 0. The molecule has 280 valence electrons. The number of nitrogens with zero attached hydrogens (tertiary/aromatic N) is 2. The molecule has 0 saturated heterocycles. The van der Waals surface area contributed by atoms with Crippen LogP contribution in [0.2, 0.25) is 0 Å². The van der Waals surface area contributed by atoms with Crippen molar-refractivity contribution in [3.8, 4) is 0 Å². The Balaban J connectivity index is 2.14. The minimum absolute atomic E-state index is 0.638. The topological polar surface area (TPSA) is 6.48 Å². The number of unbranched alkanes of at least 4 members (excludes halogenated alkanes) is 33. The molecular weight excluding hydrogens is 569 g/mol. The second kappa shape index (κ2) is 36.6. The first kappa shape index (κ1) is 44.4. The lowest BCUT2D eigenvalue weighted by atomic mass is 10.0. The Morgan fingerprint density at radius 2 is 0.489 bits per heavy atom. The average Bonchev–Trinajstić information content (AvgIpc) is 3.47. The summed E-state index contributed by atoms with van der Waals surface area (Å²) < 4.78 is 0. The first-order valence-corrected chi connectivity index (χ1v) is 22.5. The molecule has 0 amide bonds. The first-order valence-electron chi connectivity index (χ1n) is 22.5. The van der Waals surface area contributed by atoms with Gasteiger partial charge in [0, 0.05) is 25.5 Å². The highest BCUT2D eigenvalue weighted by atomic mass is 15.4. The van der Waals surface area contributed by atoms with Crippen LogP contribution in [0, 0.1) is 0 Å². The average molecular weight is 659 g/mol. The third kappa shape index (κ3) is 28.8. The zero-order valence-electron chi connectivity index (χ0n) is 33.2. The molecule has 0 aromatic rings. The zero-order chi connectivity index (χ0) is 33.7. The van der Waals surface area contributed by atoms with E-state index in [2.05, 4.69) is 43.0 Å². The summed E-state index contributed by atoms with van der Waals surface area (Å²) >= 11 is 0. The molecule has 0 radical (unpaired) electrons. The summed E-state index contributed by atoms with van der Waals surface area (Å²) in [6.07, 6.45) is 58.9. The van der Waals surface area contributed by atoms with Crippen molar-refractivity contribution in [3.05, 3.63) is 12.4 Å². The highest BCUT2D eigenvalue weighted by molar-refractivity contribution is 4.97. The molecule has 1 aliphatic heterocycles. The van der Waals surface area contributed by atoms with E-state index in [4.69, 9.17) is 0 Å². The summed E-state index contributed by atoms with van der Waals surface area (Å²) in [7, 11) is 0. The van der Waals surface area contributed by atoms with Gasteiger partial charge < -0.3 is 9.80 Å². The van der Waals surface area contributed by atoms with E-state index in [1.54, 1.807) is 0 Å². The van der Waals surface area contributed by atoms with Crippen LogP contribution in [0.5, 0.6) is 0 Å². The minimum atomic E-state index is 0.638. The van der Waals surface area contributed by atoms with E-state index >= 15 is 0 Å². The van der Waals surface area contributed by atoms with Gasteiger partial charge in [0.1, 0.15) is 6.17 Å². The fourth-order valence-electron chi connectivity index (χ4n) is 7.78. The van der Waals surface area contributed by atoms with Gasteiger partial charge in [-0.3, -0.25) is 0 Å². The van der Waals surface area contributed by atoms with Gasteiger partial charge in [-0.2, -0.15) is 0 Å². The molecule has 1 aliphatic rings. The van der Waals surface area contributed by atoms with Crippen molar-refractivity contribution in [1.29, 1.82) is 0 Å². The lowest BCUT2D eigenvalue weighted by Crippen LogP contribution is -2.39. The maximum atomic E-state index is 2.73. The van der Waals surface area contributed by atoms with E-state index in [0.29, 0.717) is 6.17 Å². The largest absolute Gasteiger partial charge is 0.356 e. The van der Waals surface area contributed by atoms with E-state index in [1.807, 2.05) is 0 Å². The predicted molar refractivity (Wildman–Crippen MR) is 214 cm³/mol. The molecule has 2 heteroatoms. The van der Waals surface area contributed by atoms with E-state index in [-0.39, 0.29) is 0 Å². The van der Waals surface area contributed by atoms with Gasteiger partial charge in [-0.1, -0.05) is 233 Å². The van der Waals surface area contributed by atoms with Crippen LogP contribution in [0.1, 0.15) is 258 Å². The van der Waals surface area contributed by atoms with Crippen molar-refractivity contribution in [2.75, 3.05) is 13.1 Å². The van der Waals surface area contributed by atoms with Gasteiger partial charge >= 0.3 is 0 Å². The molecule has 0 N–H and O–H groups in total. The monoisotopic (exact) mass is 659 g/mol. The van der Waals surface area contributed by atoms with Crippen LogP contribution >= 0.6 is 0 Å². The Morgan fingerprint density at radius 1 is 0.277 bits per heavy atom. The van der Waals surface area contributed by atoms with Gasteiger partial charge in [-0.15, -0.1) is 0 Å². The van der Waals surface area contributed by atoms with Crippen molar-refractivity contribution in [2.24, 2.45) is 0 Å². The fraction of sp³-hybridized carbons (Fsp3) is 0.956. The molecule has 1 rings (SSSR count). The van der Waals surface area contributed by atoms with Crippen LogP contribution in [0.15, 0.2) is 12.4 Å². The van der Waals surface area contributed by atoms with Crippen molar-refractivity contribution in [3.63, 3.8) is 0 Å². The quantitative estimate of drug-likeness (QED) is 0.0606. The van der Waals surface area contributed by atoms with Crippen molar-refractivity contribution < 1.29 is 0 Å². The summed E-state index contributed by atoms with van der Waals surface area (Å²) in [6.45, 7) is 9.49. The molecule has 0 aliphatic carbocycles. The maximum Gasteiger partial charge on any atom is 0.101 e. The molecular formula is C45H90N2. The molecule has 0 aromatic heterocycles. The zero-order valence-corrected chi connectivity index (χ0v) is 33.2. The highest BCUT2D eigenvalue weighted by Gasteiger charge is 2.24. The van der Waals surface area contributed by atoms with Gasteiger partial charge in [0.15, 0.2) is 0 Å². The van der Waals surface area contributed by atoms with Gasteiger partial charge in [0.05, 0.1) is 0 Å². The lowest BCUT2D eigenvalue weighted by Gasteiger charge is -2.33. The molecule has 2 nitrogen and oxygen atoms in total. The number of rotatable bonds is 39. The van der Waals surface area contributed by atoms with E-state index < -0.39 is 0 Å². The summed E-state index contributed by atoms with van der Waals surface area (Å²) in [6, 6.07) is 0. The summed E-state index contributed by atoms with van der Waals surface area (Å²) in [5.74, 6) is 0. The highest BCUT2D eigenvalue weighted by Crippen LogP contribution is 2.24. The smallest absolute Gasteiger partial charge is 0.101 e. The first-order chi connectivity index (χ1) is 23.3. The van der Waals surface area contributed by atoms with Gasteiger partial charge in [0.25, 0.3) is 0 Å². The minimum Gasteiger partial charge on any atom is -0.356 e. The molecule has 0 aromatic carbocycles. The van der Waals surface area contributed by atoms with Gasteiger partial charge in [0.2, 0.25) is 0 Å². The lowest BCUT2D eigenvalue weighted by molar-refractivity contribution is 0.135. The number of hydrogen-bond acceptors (Lipinski definition) is 2. The second-order valence-corrected chi connectivity index (χ2v) is 15.7. The summed E-state index contributed by atoms with van der Waals surface area (Å²) in [4.78, 5) is 5.45. The van der Waals surface area contributed by atoms with Crippen LogP contribution < -0.4 is 0 Å². The van der Waals surface area contributed by atoms with E-state index in [0.717, 1.165) is 0 Å². The molecule has 0 bridgehead atoms.